The summed E-state index contributed by atoms with van der Waals surface area (Å²) < 4.78 is 5.05. The highest BCUT2D eigenvalue weighted by Gasteiger charge is 2.65. The number of hydrogen-bond acceptors (Lipinski definition) is 7. The quantitative estimate of drug-likeness (QED) is 0.598. The molecule has 2 heterocycles. The predicted octanol–water partition coefficient (Wildman–Crippen LogP) is 1.41. The largest absolute Gasteiger partial charge is 0.509 e. The van der Waals surface area contributed by atoms with Gasteiger partial charge in [0.1, 0.15) is 11.4 Å². The monoisotopic (exact) mass is 415 g/mol. The van der Waals surface area contributed by atoms with Gasteiger partial charge in [0, 0.05) is 61.1 Å². The molecule has 2 fully saturated rings. The number of carbonyl (C=O) groups is 2. The van der Waals surface area contributed by atoms with E-state index in [2.05, 4.69) is 11.8 Å². The molecule has 2 bridgehead atoms. The summed E-state index contributed by atoms with van der Waals surface area (Å²) in [4.78, 5) is 28.6. The van der Waals surface area contributed by atoms with E-state index in [1.165, 1.54) is 7.11 Å². The molecule has 0 aromatic rings. The van der Waals surface area contributed by atoms with Crippen LogP contribution in [0.2, 0.25) is 0 Å². The highest BCUT2D eigenvalue weighted by atomic mass is 16.5. The molecule has 0 saturated carbocycles. The smallest absolute Gasteiger partial charge is 0.338 e. The van der Waals surface area contributed by atoms with E-state index in [-0.39, 0.29) is 53.6 Å². The van der Waals surface area contributed by atoms with Gasteiger partial charge < -0.3 is 20.1 Å². The van der Waals surface area contributed by atoms with Crippen molar-refractivity contribution in [2.45, 2.75) is 51.2 Å². The molecule has 30 heavy (non-hydrogen) atoms. The molecule has 2 saturated heterocycles. The Labute approximate surface area is 175 Å². The molecule has 0 aromatic heterocycles. The minimum atomic E-state index is -1.48. The van der Waals surface area contributed by atoms with Gasteiger partial charge in [0.2, 0.25) is 0 Å². The molecule has 162 valence electrons. The first-order valence-electron chi connectivity index (χ1n) is 10.8. The SMILES string of the molecule is COC(=O)C1=C(CCO)C2=C3C1=C(O)[C@]1(O)C[C@H]4N(C[C@@H](CCC2=O)[C@@]34C)C[C@H]1C. The number of allylic oxidation sites excluding steroid dienone is 1. The normalized spacial score (nSPS) is 40.2. The molecule has 5 aliphatic rings. The van der Waals surface area contributed by atoms with Crippen molar-refractivity contribution in [3.8, 4) is 0 Å². The van der Waals surface area contributed by atoms with Crippen molar-refractivity contribution in [1.82, 2.24) is 4.90 Å². The van der Waals surface area contributed by atoms with Crippen LogP contribution in [0.25, 0.3) is 0 Å². The maximum absolute atomic E-state index is 13.3. The van der Waals surface area contributed by atoms with Gasteiger partial charge in [-0.15, -0.1) is 0 Å². The summed E-state index contributed by atoms with van der Waals surface area (Å²) in [5, 5.41) is 32.9. The number of rotatable bonds is 3. The number of ether oxygens (including phenoxy) is 1. The first-order valence-corrected chi connectivity index (χ1v) is 10.8. The number of ketones is 1. The molecule has 0 aromatic carbocycles. The molecular formula is C23H29NO6. The maximum atomic E-state index is 13.3. The number of methoxy groups -OCH3 is 1. The van der Waals surface area contributed by atoms with Crippen molar-refractivity contribution in [2.24, 2.45) is 17.3 Å². The van der Waals surface area contributed by atoms with E-state index >= 15 is 0 Å². The van der Waals surface area contributed by atoms with Crippen molar-refractivity contribution < 1.29 is 29.6 Å². The molecular weight excluding hydrogens is 386 g/mol. The fourth-order valence-electron chi connectivity index (χ4n) is 6.98. The van der Waals surface area contributed by atoms with E-state index in [9.17, 15) is 24.9 Å². The number of aliphatic hydroxyl groups excluding tert-OH is 2. The summed E-state index contributed by atoms with van der Waals surface area (Å²) in [5.41, 5.74) is 0.0549. The fourth-order valence-corrected chi connectivity index (χ4v) is 6.98. The molecule has 0 spiro atoms. The van der Waals surface area contributed by atoms with Crippen molar-refractivity contribution >= 4 is 11.8 Å². The molecule has 7 nitrogen and oxygen atoms in total. The maximum Gasteiger partial charge on any atom is 0.338 e. The Morgan fingerprint density at radius 1 is 1.30 bits per heavy atom. The van der Waals surface area contributed by atoms with Crippen LogP contribution in [0, 0.1) is 17.3 Å². The average molecular weight is 415 g/mol. The number of Topliss-reactive ketones (excluding diaryl/α,β-unsaturated/α-hetero) is 1. The van der Waals surface area contributed by atoms with E-state index < -0.39 is 17.0 Å². The molecule has 3 N–H and O–H groups in total. The third kappa shape index (κ3) is 2.16. The van der Waals surface area contributed by atoms with Crippen molar-refractivity contribution in [1.29, 1.82) is 0 Å². The Balaban J connectivity index is 1.91. The zero-order valence-corrected chi connectivity index (χ0v) is 17.7. The molecule has 2 aliphatic heterocycles. The van der Waals surface area contributed by atoms with Crippen molar-refractivity contribution in [3.05, 3.63) is 33.6 Å². The lowest BCUT2D eigenvalue weighted by atomic mass is 9.65. The van der Waals surface area contributed by atoms with Crippen LogP contribution in [0.15, 0.2) is 33.6 Å². The summed E-state index contributed by atoms with van der Waals surface area (Å²) in [6.45, 7) is 5.31. The summed E-state index contributed by atoms with van der Waals surface area (Å²) in [5.74, 6) is -0.981. The third-order valence-corrected chi connectivity index (χ3v) is 8.55. The third-order valence-electron chi connectivity index (χ3n) is 8.55. The van der Waals surface area contributed by atoms with Crippen LogP contribution in [0.3, 0.4) is 0 Å². The number of nitrogens with zero attached hydrogens (tertiary/aromatic N) is 1. The van der Waals surface area contributed by atoms with Crippen LogP contribution >= 0.6 is 0 Å². The van der Waals surface area contributed by atoms with Crippen molar-refractivity contribution in [2.75, 3.05) is 26.8 Å². The number of aliphatic hydroxyl groups is 3. The van der Waals surface area contributed by atoms with Gasteiger partial charge in [-0.25, -0.2) is 4.79 Å². The Kier molecular flexibility index (Phi) is 4.18. The van der Waals surface area contributed by atoms with E-state index in [0.29, 0.717) is 36.1 Å². The molecule has 5 atom stereocenters. The average Bonchev–Trinajstić information content (AvgIpc) is 3.13. The highest BCUT2D eigenvalue weighted by Crippen LogP contribution is 2.64. The Hall–Kier alpha value is -1.96. The van der Waals surface area contributed by atoms with Gasteiger partial charge in [-0.1, -0.05) is 13.8 Å². The summed E-state index contributed by atoms with van der Waals surface area (Å²) >= 11 is 0. The number of fused-ring (bicyclic) bond motifs is 1. The zero-order chi connectivity index (χ0) is 21.6. The van der Waals surface area contributed by atoms with Crippen LogP contribution in [-0.4, -0.2) is 70.4 Å². The molecule has 0 amide bonds. The van der Waals surface area contributed by atoms with Crippen LogP contribution in [0.5, 0.6) is 0 Å². The molecule has 0 unspecified atom stereocenters. The van der Waals surface area contributed by atoms with Gasteiger partial charge in [0.25, 0.3) is 0 Å². The van der Waals surface area contributed by atoms with E-state index in [0.717, 1.165) is 13.0 Å². The zero-order valence-electron chi connectivity index (χ0n) is 17.7. The predicted molar refractivity (Wildman–Crippen MR) is 107 cm³/mol. The summed E-state index contributed by atoms with van der Waals surface area (Å²) in [7, 11) is 1.27. The van der Waals surface area contributed by atoms with Gasteiger partial charge in [-0.05, 0) is 29.9 Å². The minimum absolute atomic E-state index is 0.0355. The van der Waals surface area contributed by atoms with Crippen LogP contribution in [0.4, 0.5) is 0 Å². The number of piperidine rings is 1. The lowest BCUT2D eigenvalue weighted by Gasteiger charge is -2.47. The number of carbonyl (C=O) groups excluding carboxylic acids is 2. The van der Waals surface area contributed by atoms with Crippen LogP contribution in [0.1, 0.15) is 39.5 Å². The lowest BCUT2D eigenvalue weighted by Crippen LogP contribution is -2.56. The second-order valence-corrected chi connectivity index (χ2v) is 9.73. The van der Waals surface area contributed by atoms with E-state index in [4.69, 9.17) is 4.74 Å². The van der Waals surface area contributed by atoms with Crippen LogP contribution < -0.4 is 0 Å². The first-order chi connectivity index (χ1) is 14.2. The van der Waals surface area contributed by atoms with Gasteiger partial charge >= 0.3 is 5.97 Å². The first kappa shape index (κ1) is 20.0. The topological polar surface area (TPSA) is 107 Å². The summed E-state index contributed by atoms with van der Waals surface area (Å²) in [6, 6.07) is -0.0355. The second kappa shape index (κ2) is 6.28. The highest BCUT2D eigenvalue weighted by molar-refractivity contribution is 6.10. The Morgan fingerprint density at radius 3 is 2.70 bits per heavy atom. The lowest BCUT2D eigenvalue weighted by molar-refractivity contribution is -0.135. The molecule has 0 radical (unpaired) electrons. The molecule has 5 rings (SSSR count). The number of esters is 1. The van der Waals surface area contributed by atoms with Gasteiger partial charge in [-0.3, -0.25) is 9.69 Å². The van der Waals surface area contributed by atoms with Gasteiger partial charge in [0.05, 0.1) is 12.7 Å². The fraction of sp³-hybridized carbons (Fsp3) is 0.652. The van der Waals surface area contributed by atoms with Gasteiger partial charge in [0.15, 0.2) is 5.78 Å². The van der Waals surface area contributed by atoms with E-state index in [1.54, 1.807) is 0 Å². The van der Waals surface area contributed by atoms with Crippen molar-refractivity contribution in [3.63, 3.8) is 0 Å². The Bertz CT molecular complexity index is 961. The molecule has 7 heteroatoms. The minimum Gasteiger partial charge on any atom is -0.509 e. The number of hydrogen-bond donors (Lipinski definition) is 3. The molecule has 3 aliphatic carbocycles. The van der Waals surface area contributed by atoms with E-state index in [1.807, 2.05) is 6.92 Å². The standard InChI is InChI=1S/C23H29NO6/c1-11-9-24-10-12-4-5-14(26)16-13(6-7-25)17(21(28)30-3)18-19(16)22(12,2)15(24)8-23(11,29)20(18)27/h11-12,15,25,27,29H,4-10H2,1-3H3/t11-,12-,15-,22-,23+/m1/s1. The Morgan fingerprint density at radius 2 is 2.03 bits per heavy atom. The second-order valence-electron chi connectivity index (χ2n) is 9.73. The van der Waals surface area contributed by atoms with Gasteiger partial charge in [-0.2, -0.15) is 0 Å². The summed E-state index contributed by atoms with van der Waals surface area (Å²) in [6.07, 6.45) is 1.59. The van der Waals surface area contributed by atoms with Crippen LogP contribution in [-0.2, 0) is 14.3 Å².